The van der Waals surface area contributed by atoms with Gasteiger partial charge < -0.3 is 14.4 Å². The average Bonchev–Trinajstić information content (AvgIpc) is 3.12. The average molecular weight is 301 g/mol. The number of nitrogens with zero attached hydrogens (tertiary/aromatic N) is 5. The van der Waals surface area contributed by atoms with Crippen molar-refractivity contribution in [3.8, 4) is 0 Å². The van der Waals surface area contributed by atoms with Crippen LogP contribution in [0.3, 0.4) is 0 Å². The molecule has 0 radical (unpaired) electrons. The molecule has 0 unspecified atom stereocenters. The van der Waals surface area contributed by atoms with Crippen LogP contribution in [0.15, 0.2) is 5.16 Å². The summed E-state index contributed by atoms with van der Waals surface area (Å²) in [5.74, 6) is 1.03. The molecule has 0 aromatic carbocycles. The lowest BCUT2D eigenvalue weighted by Crippen LogP contribution is -2.22. The van der Waals surface area contributed by atoms with Crippen molar-refractivity contribution in [2.24, 2.45) is 0 Å². The third-order valence-corrected chi connectivity index (χ3v) is 4.44. The first kappa shape index (κ1) is 15.7. The number of rotatable bonds is 9. The summed E-state index contributed by atoms with van der Waals surface area (Å²) in [6.07, 6.45) is 3.54. The van der Waals surface area contributed by atoms with Crippen LogP contribution in [-0.2, 0) is 16.0 Å². The topological polar surface area (TPSA) is 65.3 Å². The van der Waals surface area contributed by atoms with E-state index in [0.29, 0.717) is 6.54 Å². The summed E-state index contributed by atoms with van der Waals surface area (Å²) in [7, 11) is 3.22. The summed E-state index contributed by atoms with van der Waals surface area (Å²) in [5, 5.41) is 12.6. The van der Waals surface area contributed by atoms with Gasteiger partial charge in [0.1, 0.15) is 0 Å². The van der Waals surface area contributed by atoms with Gasteiger partial charge in [0.05, 0.1) is 6.54 Å². The molecule has 1 aromatic heterocycles. The number of hydrogen-bond donors (Lipinski definition) is 0. The van der Waals surface area contributed by atoms with Crippen LogP contribution in [0.4, 0.5) is 0 Å². The van der Waals surface area contributed by atoms with Crippen LogP contribution >= 0.6 is 11.8 Å². The summed E-state index contributed by atoms with van der Waals surface area (Å²) in [4.78, 5) is 2.52. The molecule has 114 valence electrons. The van der Waals surface area contributed by atoms with Gasteiger partial charge >= 0.3 is 0 Å². The van der Waals surface area contributed by atoms with Crippen molar-refractivity contribution < 1.29 is 9.47 Å². The van der Waals surface area contributed by atoms with E-state index in [1.165, 1.54) is 32.5 Å². The Labute approximate surface area is 124 Å². The smallest absolute Gasteiger partial charge is 0.209 e. The Morgan fingerprint density at radius 2 is 2.00 bits per heavy atom. The summed E-state index contributed by atoms with van der Waals surface area (Å²) >= 11 is 1.69. The number of tetrazole rings is 1. The van der Waals surface area contributed by atoms with E-state index in [4.69, 9.17) is 9.47 Å². The first-order valence-electron chi connectivity index (χ1n) is 7.00. The van der Waals surface area contributed by atoms with Crippen molar-refractivity contribution in [2.45, 2.75) is 37.3 Å². The van der Waals surface area contributed by atoms with E-state index in [9.17, 15) is 0 Å². The van der Waals surface area contributed by atoms with Crippen LogP contribution in [0.1, 0.15) is 19.3 Å². The summed E-state index contributed by atoms with van der Waals surface area (Å²) < 4.78 is 12.1. The second-order valence-corrected chi connectivity index (χ2v) is 5.86. The lowest BCUT2D eigenvalue weighted by Gasteiger charge is -2.14. The minimum absolute atomic E-state index is 0.317. The van der Waals surface area contributed by atoms with E-state index in [2.05, 4.69) is 20.4 Å². The zero-order valence-corrected chi connectivity index (χ0v) is 13.0. The Kier molecular flexibility index (Phi) is 6.71. The predicted molar refractivity (Wildman–Crippen MR) is 76.6 cm³/mol. The first-order valence-corrected chi connectivity index (χ1v) is 7.99. The SMILES string of the molecule is COC(Cn1nnnc1SCCCN1CCCC1)OC. The zero-order valence-electron chi connectivity index (χ0n) is 12.2. The van der Waals surface area contributed by atoms with Crippen molar-refractivity contribution in [1.29, 1.82) is 0 Å². The highest BCUT2D eigenvalue weighted by Gasteiger charge is 2.14. The third kappa shape index (κ3) is 4.69. The number of likely N-dealkylation sites (tertiary alicyclic amines) is 1. The normalized spacial score (nSPS) is 16.4. The highest BCUT2D eigenvalue weighted by molar-refractivity contribution is 7.99. The fraction of sp³-hybridized carbons (Fsp3) is 0.917. The molecule has 1 aliphatic heterocycles. The number of aromatic nitrogens is 4. The van der Waals surface area contributed by atoms with E-state index in [-0.39, 0.29) is 6.29 Å². The number of ether oxygens (including phenoxy) is 2. The molecular weight excluding hydrogens is 278 g/mol. The van der Waals surface area contributed by atoms with E-state index in [1.54, 1.807) is 30.7 Å². The second-order valence-electron chi connectivity index (χ2n) is 4.80. The number of hydrogen-bond acceptors (Lipinski definition) is 7. The summed E-state index contributed by atoms with van der Waals surface area (Å²) in [6, 6.07) is 0. The largest absolute Gasteiger partial charge is 0.354 e. The lowest BCUT2D eigenvalue weighted by atomic mass is 10.4. The Bertz CT molecular complexity index is 380. The molecule has 0 amide bonds. The van der Waals surface area contributed by atoms with Gasteiger partial charge in [0.2, 0.25) is 5.16 Å². The van der Waals surface area contributed by atoms with Crippen molar-refractivity contribution in [2.75, 3.05) is 39.6 Å². The first-order chi connectivity index (χ1) is 9.83. The Morgan fingerprint density at radius 3 is 2.70 bits per heavy atom. The van der Waals surface area contributed by atoms with Crippen LogP contribution in [0.25, 0.3) is 0 Å². The van der Waals surface area contributed by atoms with E-state index in [0.717, 1.165) is 17.3 Å². The molecule has 1 aromatic rings. The molecule has 8 heteroatoms. The van der Waals surface area contributed by atoms with Crippen LogP contribution < -0.4 is 0 Å². The molecule has 20 heavy (non-hydrogen) atoms. The maximum absolute atomic E-state index is 5.17. The number of methoxy groups -OCH3 is 2. The molecular formula is C12H23N5O2S. The van der Waals surface area contributed by atoms with Crippen LogP contribution in [0, 0.1) is 0 Å². The lowest BCUT2D eigenvalue weighted by molar-refractivity contribution is -0.113. The molecule has 0 atom stereocenters. The van der Waals surface area contributed by atoms with Gasteiger partial charge in [0.25, 0.3) is 0 Å². The maximum Gasteiger partial charge on any atom is 0.209 e. The maximum atomic E-state index is 5.17. The molecule has 0 N–H and O–H groups in total. The van der Waals surface area contributed by atoms with Crippen molar-refractivity contribution in [1.82, 2.24) is 25.1 Å². The molecule has 0 aliphatic carbocycles. The van der Waals surface area contributed by atoms with Crippen molar-refractivity contribution >= 4 is 11.8 Å². The zero-order chi connectivity index (χ0) is 14.2. The quantitative estimate of drug-likeness (QED) is 0.381. The summed E-state index contributed by atoms with van der Waals surface area (Å²) in [5.41, 5.74) is 0. The Hall–Kier alpha value is -0.700. The van der Waals surface area contributed by atoms with Gasteiger partial charge in [0, 0.05) is 20.0 Å². The van der Waals surface area contributed by atoms with Crippen molar-refractivity contribution in [3.63, 3.8) is 0 Å². The van der Waals surface area contributed by atoms with Gasteiger partial charge in [-0.2, -0.15) is 0 Å². The highest BCUT2D eigenvalue weighted by atomic mass is 32.2. The Balaban J connectivity index is 1.71. The minimum atomic E-state index is -0.317. The fourth-order valence-electron chi connectivity index (χ4n) is 2.26. The molecule has 2 rings (SSSR count). The van der Waals surface area contributed by atoms with Gasteiger partial charge in [-0.05, 0) is 49.3 Å². The number of thioether (sulfide) groups is 1. The van der Waals surface area contributed by atoms with Gasteiger partial charge in [-0.3, -0.25) is 0 Å². The van der Waals surface area contributed by atoms with Gasteiger partial charge in [-0.15, -0.1) is 5.10 Å². The van der Waals surface area contributed by atoms with E-state index in [1.807, 2.05) is 0 Å². The molecule has 2 heterocycles. The molecule has 7 nitrogen and oxygen atoms in total. The van der Waals surface area contributed by atoms with E-state index < -0.39 is 0 Å². The monoisotopic (exact) mass is 301 g/mol. The molecule has 0 spiro atoms. The standard InChI is InChI=1S/C12H23N5O2S/c1-18-11(19-2)10-17-12(13-14-15-17)20-9-5-8-16-6-3-4-7-16/h11H,3-10H2,1-2H3. The van der Waals surface area contributed by atoms with Crippen LogP contribution in [0.5, 0.6) is 0 Å². The molecule has 0 saturated carbocycles. The van der Waals surface area contributed by atoms with Crippen LogP contribution in [-0.4, -0.2) is 71.0 Å². The molecule has 1 saturated heterocycles. The molecule has 0 bridgehead atoms. The predicted octanol–water partition coefficient (Wildman–Crippen LogP) is 0.870. The molecule has 1 fully saturated rings. The van der Waals surface area contributed by atoms with E-state index >= 15 is 0 Å². The van der Waals surface area contributed by atoms with Gasteiger partial charge in [-0.1, -0.05) is 11.8 Å². The fourth-order valence-corrected chi connectivity index (χ4v) is 3.07. The van der Waals surface area contributed by atoms with Crippen molar-refractivity contribution in [3.05, 3.63) is 0 Å². The Morgan fingerprint density at radius 1 is 1.25 bits per heavy atom. The molecule has 1 aliphatic rings. The van der Waals surface area contributed by atoms with Crippen LogP contribution in [0.2, 0.25) is 0 Å². The van der Waals surface area contributed by atoms with Gasteiger partial charge in [-0.25, -0.2) is 4.68 Å². The third-order valence-electron chi connectivity index (χ3n) is 3.40. The highest BCUT2D eigenvalue weighted by Crippen LogP contribution is 2.16. The minimum Gasteiger partial charge on any atom is -0.354 e. The summed E-state index contributed by atoms with van der Waals surface area (Å²) in [6.45, 7) is 4.19. The van der Waals surface area contributed by atoms with Gasteiger partial charge in [0.15, 0.2) is 6.29 Å². The second kappa shape index (κ2) is 8.56.